The second-order valence-corrected chi connectivity index (χ2v) is 2.54. The average Bonchev–Trinajstić information content (AvgIpc) is 1.88. The molecular weight excluding hydrogens is 135 g/mol. The predicted octanol–water partition coefficient (Wildman–Crippen LogP) is 2.55. The molecule has 0 aliphatic carbocycles. The first-order valence-electron chi connectivity index (χ1n) is 2.62. The molecule has 0 spiro atoms. The maximum atomic E-state index is 12.3. The van der Waals surface area contributed by atoms with Crippen molar-refractivity contribution in [2.24, 2.45) is 0 Å². The van der Waals surface area contributed by atoms with Crippen LogP contribution in [-0.4, -0.2) is 6.26 Å². The molecule has 0 saturated heterocycles. The molecule has 0 aromatic heterocycles. The summed E-state index contributed by atoms with van der Waals surface area (Å²) in [5.41, 5.74) is 0. The van der Waals surface area contributed by atoms with Gasteiger partial charge in [-0.2, -0.15) is 0 Å². The fraction of sp³-hybridized carbons (Fsp3) is 0.143. The van der Waals surface area contributed by atoms with Crippen LogP contribution < -0.4 is 0 Å². The third-order valence-electron chi connectivity index (χ3n) is 1.03. The number of hydrogen-bond donors (Lipinski definition) is 0. The molecule has 0 atom stereocenters. The second kappa shape index (κ2) is 2.87. The van der Waals surface area contributed by atoms with E-state index in [1.54, 1.807) is 17.8 Å². The van der Waals surface area contributed by atoms with E-state index in [1.165, 1.54) is 12.1 Å². The van der Waals surface area contributed by atoms with Crippen molar-refractivity contribution < 1.29 is 4.39 Å². The SMILES string of the molecule is CSc1cccc(F)c1. The van der Waals surface area contributed by atoms with Crippen molar-refractivity contribution in [2.75, 3.05) is 6.26 Å². The van der Waals surface area contributed by atoms with E-state index in [0.29, 0.717) is 0 Å². The largest absolute Gasteiger partial charge is 0.207 e. The molecule has 0 bridgehead atoms. The highest BCUT2D eigenvalue weighted by atomic mass is 32.2. The van der Waals surface area contributed by atoms with Crippen molar-refractivity contribution in [1.82, 2.24) is 0 Å². The smallest absolute Gasteiger partial charge is 0.124 e. The second-order valence-electron chi connectivity index (χ2n) is 1.66. The zero-order chi connectivity index (χ0) is 6.69. The third kappa shape index (κ3) is 1.72. The van der Waals surface area contributed by atoms with Gasteiger partial charge in [-0.25, -0.2) is 4.39 Å². The molecule has 2 heteroatoms. The monoisotopic (exact) mass is 142 g/mol. The summed E-state index contributed by atoms with van der Waals surface area (Å²) in [5, 5.41) is 0. The Morgan fingerprint density at radius 3 is 2.67 bits per heavy atom. The van der Waals surface area contributed by atoms with E-state index in [0.717, 1.165) is 4.90 Å². The molecule has 9 heavy (non-hydrogen) atoms. The van der Waals surface area contributed by atoms with Crippen molar-refractivity contribution in [3.05, 3.63) is 30.1 Å². The van der Waals surface area contributed by atoms with Crippen LogP contribution in [-0.2, 0) is 0 Å². The quantitative estimate of drug-likeness (QED) is 0.543. The summed E-state index contributed by atoms with van der Waals surface area (Å²) < 4.78 is 12.3. The maximum absolute atomic E-state index is 12.3. The highest BCUT2D eigenvalue weighted by Gasteiger charge is 1.89. The number of halogens is 1. The standard InChI is InChI=1S/C7H7FS/c1-9-7-4-2-3-6(8)5-7/h2-5H,1H3. The van der Waals surface area contributed by atoms with E-state index < -0.39 is 0 Å². The van der Waals surface area contributed by atoms with Crippen LogP contribution in [0.3, 0.4) is 0 Å². The Morgan fingerprint density at radius 1 is 1.44 bits per heavy atom. The zero-order valence-corrected chi connectivity index (χ0v) is 5.91. The van der Waals surface area contributed by atoms with E-state index >= 15 is 0 Å². The summed E-state index contributed by atoms with van der Waals surface area (Å²) in [6, 6.07) is 6.55. The van der Waals surface area contributed by atoms with Crippen LogP contribution in [0, 0.1) is 5.82 Å². The number of thioether (sulfide) groups is 1. The van der Waals surface area contributed by atoms with Gasteiger partial charge in [-0.05, 0) is 24.5 Å². The van der Waals surface area contributed by atoms with Gasteiger partial charge in [0.2, 0.25) is 0 Å². The molecule has 1 rings (SSSR count). The van der Waals surface area contributed by atoms with Gasteiger partial charge in [-0.3, -0.25) is 0 Å². The molecule has 0 nitrogen and oxygen atoms in total. The van der Waals surface area contributed by atoms with Crippen LogP contribution in [0.15, 0.2) is 29.2 Å². The molecule has 0 heterocycles. The molecule has 0 fully saturated rings. The summed E-state index contributed by atoms with van der Waals surface area (Å²) in [6.45, 7) is 0. The number of hydrogen-bond acceptors (Lipinski definition) is 1. The zero-order valence-electron chi connectivity index (χ0n) is 5.10. The van der Waals surface area contributed by atoms with Crippen LogP contribution in [0.2, 0.25) is 0 Å². The average molecular weight is 142 g/mol. The Kier molecular flexibility index (Phi) is 2.11. The summed E-state index contributed by atoms with van der Waals surface area (Å²) in [5.74, 6) is -0.165. The van der Waals surface area contributed by atoms with Crippen LogP contribution >= 0.6 is 11.8 Å². The van der Waals surface area contributed by atoms with Gasteiger partial charge in [-0.15, -0.1) is 11.8 Å². The highest BCUT2D eigenvalue weighted by molar-refractivity contribution is 7.98. The first kappa shape index (κ1) is 6.62. The molecule has 48 valence electrons. The summed E-state index contributed by atoms with van der Waals surface area (Å²) in [6.07, 6.45) is 1.93. The van der Waals surface area contributed by atoms with E-state index in [4.69, 9.17) is 0 Å². The summed E-state index contributed by atoms with van der Waals surface area (Å²) in [7, 11) is 0. The van der Waals surface area contributed by atoms with Crippen molar-refractivity contribution >= 4 is 11.8 Å². The Bertz CT molecular complexity index is 198. The lowest BCUT2D eigenvalue weighted by Gasteiger charge is -1.92. The van der Waals surface area contributed by atoms with Crippen LogP contribution in [0.4, 0.5) is 4.39 Å². The molecule has 0 N–H and O–H groups in total. The van der Waals surface area contributed by atoms with Gasteiger partial charge in [0.1, 0.15) is 5.82 Å². The van der Waals surface area contributed by atoms with Crippen LogP contribution in [0.1, 0.15) is 0 Å². The minimum Gasteiger partial charge on any atom is -0.207 e. The Balaban J connectivity index is 2.94. The minimum atomic E-state index is -0.165. The first-order chi connectivity index (χ1) is 4.33. The molecule has 0 amide bonds. The third-order valence-corrected chi connectivity index (χ3v) is 1.76. The van der Waals surface area contributed by atoms with E-state index in [1.807, 2.05) is 12.3 Å². The Morgan fingerprint density at radius 2 is 2.22 bits per heavy atom. The van der Waals surface area contributed by atoms with Crippen LogP contribution in [0.25, 0.3) is 0 Å². The molecule has 0 aliphatic rings. The first-order valence-corrected chi connectivity index (χ1v) is 3.85. The van der Waals surface area contributed by atoms with E-state index in [-0.39, 0.29) is 5.82 Å². The van der Waals surface area contributed by atoms with Crippen molar-refractivity contribution in [2.45, 2.75) is 4.90 Å². The van der Waals surface area contributed by atoms with Gasteiger partial charge < -0.3 is 0 Å². The topological polar surface area (TPSA) is 0 Å². The van der Waals surface area contributed by atoms with Gasteiger partial charge in [0, 0.05) is 4.90 Å². The summed E-state index contributed by atoms with van der Waals surface area (Å²) in [4.78, 5) is 0.968. The van der Waals surface area contributed by atoms with Crippen molar-refractivity contribution in [3.63, 3.8) is 0 Å². The van der Waals surface area contributed by atoms with Crippen molar-refractivity contribution in [1.29, 1.82) is 0 Å². The molecule has 0 aliphatic heterocycles. The fourth-order valence-electron chi connectivity index (χ4n) is 0.594. The van der Waals surface area contributed by atoms with E-state index in [9.17, 15) is 4.39 Å². The normalized spacial score (nSPS) is 9.56. The lowest BCUT2D eigenvalue weighted by atomic mass is 10.4. The van der Waals surface area contributed by atoms with Gasteiger partial charge in [-0.1, -0.05) is 6.07 Å². The van der Waals surface area contributed by atoms with Gasteiger partial charge in [0.05, 0.1) is 0 Å². The van der Waals surface area contributed by atoms with Gasteiger partial charge in [0.15, 0.2) is 0 Å². The molecule has 0 unspecified atom stereocenters. The highest BCUT2D eigenvalue weighted by Crippen LogP contribution is 2.14. The van der Waals surface area contributed by atoms with Gasteiger partial charge in [0.25, 0.3) is 0 Å². The lowest BCUT2D eigenvalue weighted by Crippen LogP contribution is -1.72. The van der Waals surface area contributed by atoms with Gasteiger partial charge >= 0.3 is 0 Å². The fourth-order valence-corrected chi connectivity index (χ4v) is 1.04. The minimum absolute atomic E-state index is 0.165. The molecular formula is C7H7FS. The maximum Gasteiger partial charge on any atom is 0.124 e. The van der Waals surface area contributed by atoms with Crippen molar-refractivity contribution in [3.8, 4) is 0 Å². The van der Waals surface area contributed by atoms with Crippen LogP contribution in [0.5, 0.6) is 0 Å². The summed E-state index contributed by atoms with van der Waals surface area (Å²) >= 11 is 1.54. The molecule has 0 saturated carbocycles. The Labute approximate surface area is 58.1 Å². The molecule has 0 radical (unpaired) electrons. The number of rotatable bonds is 1. The lowest BCUT2D eigenvalue weighted by molar-refractivity contribution is 0.624. The molecule has 1 aromatic carbocycles. The van der Waals surface area contributed by atoms with E-state index in [2.05, 4.69) is 0 Å². The number of benzene rings is 1. The molecule has 1 aromatic rings. The predicted molar refractivity (Wildman–Crippen MR) is 38.2 cm³/mol. The Hall–Kier alpha value is -0.500.